The minimum atomic E-state index is -3.79. The van der Waals surface area contributed by atoms with E-state index < -0.39 is 15.4 Å². The molecule has 1 aromatic heterocycles. The molecule has 1 N–H and O–H groups in total. The number of nitrogens with one attached hydrogen (secondary N) is 1. The van der Waals surface area contributed by atoms with Crippen molar-refractivity contribution in [2.24, 2.45) is 0 Å². The molecule has 0 spiro atoms. The van der Waals surface area contributed by atoms with Gasteiger partial charge in [0.2, 0.25) is 0 Å². The molecule has 0 saturated carbocycles. The van der Waals surface area contributed by atoms with Gasteiger partial charge in [0.1, 0.15) is 4.90 Å². The van der Waals surface area contributed by atoms with Crippen LogP contribution in [0.5, 0.6) is 0 Å². The van der Waals surface area contributed by atoms with Gasteiger partial charge in [-0.3, -0.25) is 4.72 Å². The van der Waals surface area contributed by atoms with Gasteiger partial charge in [-0.25, -0.2) is 13.1 Å². The average Bonchev–Trinajstić information content (AvgIpc) is 3.02. The van der Waals surface area contributed by atoms with Crippen molar-refractivity contribution in [3.05, 3.63) is 71.0 Å². The van der Waals surface area contributed by atoms with Gasteiger partial charge in [0, 0.05) is 15.6 Å². The predicted octanol–water partition coefficient (Wildman–Crippen LogP) is 4.73. The average molecular weight is 434 g/mol. The van der Waals surface area contributed by atoms with Crippen molar-refractivity contribution >= 4 is 31.6 Å². The van der Waals surface area contributed by atoms with Crippen LogP contribution in [0.1, 0.15) is 26.5 Å². The van der Waals surface area contributed by atoms with Crippen LogP contribution in [0.4, 0.5) is 5.69 Å². The van der Waals surface area contributed by atoms with E-state index in [2.05, 4.69) is 25.8 Å². The molecule has 0 atom stereocenters. The van der Waals surface area contributed by atoms with E-state index in [0.29, 0.717) is 11.4 Å². The van der Waals surface area contributed by atoms with Gasteiger partial charge in [0.25, 0.3) is 10.0 Å². The summed E-state index contributed by atoms with van der Waals surface area (Å²) >= 11 is 3.36. The molecule has 0 amide bonds. The molecule has 0 aliphatic rings. The first kappa shape index (κ1) is 18.7. The highest BCUT2D eigenvalue weighted by Gasteiger charge is 2.30. The van der Waals surface area contributed by atoms with Gasteiger partial charge in [-0.1, -0.05) is 61.0 Å². The summed E-state index contributed by atoms with van der Waals surface area (Å²) in [5, 5.41) is 4.57. The van der Waals surface area contributed by atoms with Gasteiger partial charge < -0.3 is 0 Å². The lowest BCUT2D eigenvalue weighted by Crippen LogP contribution is -2.20. The number of hydrogen-bond acceptors (Lipinski definition) is 3. The lowest BCUT2D eigenvalue weighted by Gasteiger charge is -2.17. The fraction of sp³-hybridized carbons (Fsp3) is 0.211. The normalized spacial score (nSPS) is 12.2. The van der Waals surface area contributed by atoms with Crippen molar-refractivity contribution in [3.8, 4) is 5.69 Å². The smallest absolute Gasteiger partial charge is 0.265 e. The van der Waals surface area contributed by atoms with Gasteiger partial charge in [-0.2, -0.15) is 5.10 Å². The van der Waals surface area contributed by atoms with E-state index in [1.807, 2.05) is 57.2 Å². The third kappa shape index (κ3) is 3.99. The first-order valence-electron chi connectivity index (χ1n) is 8.11. The van der Waals surface area contributed by atoms with E-state index in [9.17, 15) is 8.42 Å². The Balaban J connectivity index is 2.09. The number of rotatable bonds is 4. The molecule has 3 aromatic rings. The first-order valence-corrected chi connectivity index (χ1v) is 10.4. The lowest BCUT2D eigenvalue weighted by atomic mass is 9.92. The van der Waals surface area contributed by atoms with E-state index in [1.165, 1.54) is 0 Å². The van der Waals surface area contributed by atoms with Crippen LogP contribution in [-0.4, -0.2) is 18.2 Å². The van der Waals surface area contributed by atoms with Crippen molar-refractivity contribution < 1.29 is 8.42 Å². The summed E-state index contributed by atoms with van der Waals surface area (Å²) in [4.78, 5) is 0.175. The lowest BCUT2D eigenvalue weighted by molar-refractivity contribution is 0.543. The molecular formula is C19H20BrN3O2S. The van der Waals surface area contributed by atoms with Crippen LogP contribution in [0.3, 0.4) is 0 Å². The summed E-state index contributed by atoms with van der Waals surface area (Å²) in [5.74, 6) is 0. The second-order valence-electron chi connectivity index (χ2n) is 6.99. The molecule has 2 aromatic carbocycles. The SMILES string of the molecule is CC(C)(C)c1nn(-c2ccccc2)cc1S(=O)(=O)Nc1cccc(Br)c1. The number of benzene rings is 2. The Hall–Kier alpha value is -2.12. The van der Waals surface area contributed by atoms with Crippen molar-refractivity contribution in [1.82, 2.24) is 9.78 Å². The molecule has 26 heavy (non-hydrogen) atoms. The van der Waals surface area contributed by atoms with E-state index in [0.717, 1.165) is 10.2 Å². The number of para-hydroxylation sites is 1. The Morgan fingerprint density at radius 3 is 2.35 bits per heavy atom. The van der Waals surface area contributed by atoms with Gasteiger partial charge in [0.05, 0.1) is 17.6 Å². The minimum absolute atomic E-state index is 0.175. The first-order chi connectivity index (χ1) is 12.2. The van der Waals surface area contributed by atoms with Crippen molar-refractivity contribution in [3.63, 3.8) is 0 Å². The number of halogens is 1. The summed E-state index contributed by atoms with van der Waals surface area (Å²) in [7, 11) is -3.79. The van der Waals surface area contributed by atoms with Crippen LogP contribution >= 0.6 is 15.9 Å². The largest absolute Gasteiger partial charge is 0.279 e. The van der Waals surface area contributed by atoms with Crippen LogP contribution in [0.15, 0.2) is 70.2 Å². The molecule has 0 aliphatic carbocycles. The highest BCUT2D eigenvalue weighted by atomic mass is 79.9. The van der Waals surface area contributed by atoms with Crippen molar-refractivity contribution in [1.29, 1.82) is 0 Å². The molecule has 136 valence electrons. The topological polar surface area (TPSA) is 64.0 Å². The fourth-order valence-corrected chi connectivity index (χ4v) is 4.34. The number of nitrogens with zero attached hydrogens (tertiary/aromatic N) is 2. The predicted molar refractivity (Wildman–Crippen MR) is 107 cm³/mol. The molecular weight excluding hydrogens is 414 g/mol. The highest BCUT2D eigenvalue weighted by molar-refractivity contribution is 9.10. The zero-order valence-corrected chi connectivity index (χ0v) is 17.2. The van der Waals surface area contributed by atoms with Crippen LogP contribution in [0.2, 0.25) is 0 Å². The third-order valence-electron chi connectivity index (χ3n) is 3.78. The Bertz CT molecular complexity index is 1020. The maximum absolute atomic E-state index is 13.0. The Morgan fingerprint density at radius 1 is 1.04 bits per heavy atom. The molecule has 0 unspecified atom stereocenters. The van der Waals surface area contributed by atoms with E-state index in [-0.39, 0.29) is 4.90 Å². The molecule has 1 heterocycles. The molecule has 0 radical (unpaired) electrons. The summed E-state index contributed by atoms with van der Waals surface area (Å²) < 4.78 is 31.1. The summed E-state index contributed by atoms with van der Waals surface area (Å²) in [6.45, 7) is 5.84. The van der Waals surface area contributed by atoms with Gasteiger partial charge in [-0.15, -0.1) is 0 Å². The molecule has 3 rings (SSSR count). The van der Waals surface area contributed by atoms with Crippen LogP contribution in [0, 0.1) is 0 Å². The quantitative estimate of drug-likeness (QED) is 0.646. The highest BCUT2D eigenvalue weighted by Crippen LogP contribution is 2.30. The number of aromatic nitrogens is 2. The number of anilines is 1. The summed E-state index contributed by atoms with van der Waals surface area (Å²) in [6.07, 6.45) is 1.57. The summed E-state index contributed by atoms with van der Waals surface area (Å²) in [5.41, 5.74) is 1.39. The number of sulfonamides is 1. The number of hydrogen-bond donors (Lipinski definition) is 1. The minimum Gasteiger partial charge on any atom is -0.279 e. The van der Waals surface area contributed by atoms with E-state index in [4.69, 9.17) is 0 Å². The summed E-state index contributed by atoms with van der Waals surface area (Å²) in [6, 6.07) is 16.5. The van der Waals surface area contributed by atoms with Gasteiger partial charge >= 0.3 is 0 Å². The van der Waals surface area contributed by atoms with E-state index in [1.54, 1.807) is 29.1 Å². The second kappa shape index (κ2) is 6.89. The van der Waals surface area contributed by atoms with Crippen LogP contribution in [0.25, 0.3) is 5.69 Å². The van der Waals surface area contributed by atoms with Crippen LogP contribution in [-0.2, 0) is 15.4 Å². The molecule has 0 saturated heterocycles. The van der Waals surface area contributed by atoms with E-state index >= 15 is 0 Å². The molecule has 0 fully saturated rings. The van der Waals surface area contributed by atoms with Gasteiger partial charge in [0.15, 0.2) is 0 Å². The van der Waals surface area contributed by atoms with Gasteiger partial charge in [-0.05, 0) is 30.3 Å². The zero-order valence-electron chi connectivity index (χ0n) is 14.8. The third-order valence-corrected chi connectivity index (χ3v) is 5.65. The Labute approximate surface area is 162 Å². The maximum atomic E-state index is 13.0. The molecule has 5 nitrogen and oxygen atoms in total. The Kier molecular flexibility index (Phi) is 4.94. The molecule has 7 heteroatoms. The molecule has 0 bridgehead atoms. The van der Waals surface area contributed by atoms with Crippen LogP contribution < -0.4 is 4.72 Å². The standard InChI is InChI=1S/C19H20BrN3O2S/c1-19(2,3)18-17(13-23(21-18)16-10-5-4-6-11-16)26(24,25)22-15-9-7-8-14(20)12-15/h4-13,22H,1-3H3. The van der Waals surface area contributed by atoms with Crippen molar-refractivity contribution in [2.45, 2.75) is 31.1 Å². The molecule has 0 aliphatic heterocycles. The zero-order chi connectivity index (χ0) is 18.9. The van der Waals surface area contributed by atoms with Crippen molar-refractivity contribution in [2.75, 3.05) is 4.72 Å². The Morgan fingerprint density at radius 2 is 1.73 bits per heavy atom. The maximum Gasteiger partial charge on any atom is 0.265 e. The fourth-order valence-electron chi connectivity index (χ4n) is 2.55. The second-order valence-corrected chi connectivity index (χ2v) is 9.55. The monoisotopic (exact) mass is 433 g/mol.